The van der Waals surface area contributed by atoms with Crippen molar-refractivity contribution < 1.29 is 22.1 Å². The summed E-state index contributed by atoms with van der Waals surface area (Å²) in [6.07, 6.45) is 7.33. The van der Waals surface area contributed by atoms with E-state index in [1.54, 1.807) is 19.1 Å². The molecular formula is C18H24O5S. The highest BCUT2D eigenvalue weighted by Crippen LogP contribution is 2.30. The fraction of sp³-hybridized carbons (Fsp3) is 0.500. The molecule has 132 valence electrons. The molecule has 5 nitrogen and oxygen atoms in total. The van der Waals surface area contributed by atoms with Crippen molar-refractivity contribution in [1.29, 1.82) is 0 Å². The van der Waals surface area contributed by atoms with Crippen molar-refractivity contribution in [3.8, 4) is 0 Å². The van der Waals surface area contributed by atoms with Gasteiger partial charge in [-0.25, -0.2) is 4.79 Å². The summed E-state index contributed by atoms with van der Waals surface area (Å²) in [5, 5.41) is 0. The van der Waals surface area contributed by atoms with Crippen LogP contribution in [-0.2, 0) is 23.8 Å². The Kier molecular flexibility index (Phi) is 6.57. The van der Waals surface area contributed by atoms with Gasteiger partial charge in [-0.1, -0.05) is 42.3 Å². The van der Waals surface area contributed by atoms with Gasteiger partial charge in [0.2, 0.25) is 0 Å². The lowest BCUT2D eigenvalue weighted by molar-refractivity contribution is -0.151. The van der Waals surface area contributed by atoms with Gasteiger partial charge in [0.1, 0.15) is 0 Å². The van der Waals surface area contributed by atoms with E-state index >= 15 is 0 Å². The van der Waals surface area contributed by atoms with E-state index in [0.717, 1.165) is 37.5 Å². The molecule has 1 unspecified atom stereocenters. The zero-order valence-corrected chi connectivity index (χ0v) is 15.0. The van der Waals surface area contributed by atoms with E-state index in [1.807, 2.05) is 18.2 Å². The molecule has 1 aromatic rings. The van der Waals surface area contributed by atoms with Crippen molar-refractivity contribution in [1.82, 2.24) is 0 Å². The van der Waals surface area contributed by atoms with Crippen LogP contribution in [0, 0.1) is 0 Å². The Balaban J connectivity index is 2.40. The van der Waals surface area contributed by atoms with Crippen LogP contribution in [0.3, 0.4) is 0 Å². The normalized spacial score (nSPS) is 16.5. The van der Waals surface area contributed by atoms with Crippen molar-refractivity contribution in [2.24, 2.45) is 0 Å². The average molecular weight is 352 g/mol. The summed E-state index contributed by atoms with van der Waals surface area (Å²) < 4.78 is 33.2. The van der Waals surface area contributed by atoms with Crippen LogP contribution >= 0.6 is 0 Å². The number of rotatable bonds is 6. The SMILES string of the molecule is CCOC(=O)C(OS(C)(=O)=O)c1ccccc1C=C1CCCCC1. The maximum Gasteiger partial charge on any atom is 0.341 e. The van der Waals surface area contributed by atoms with Gasteiger partial charge in [-0.3, -0.25) is 4.18 Å². The molecule has 0 radical (unpaired) electrons. The molecule has 0 aromatic heterocycles. The average Bonchev–Trinajstić information content (AvgIpc) is 2.54. The van der Waals surface area contributed by atoms with Gasteiger partial charge in [0.15, 0.2) is 6.10 Å². The summed E-state index contributed by atoms with van der Waals surface area (Å²) in [4.78, 5) is 12.2. The molecule has 1 atom stereocenters. The minimum atomic E-state index is -3.81. The van der Waals surface area contributed by atoms with Crippen molar-refractivity contribution in [2.75, 3.05) is 12.9 Å². The van der Waals surface area contributed by atoms with E-state index < -0.39 is 22.2 Å². The molecule has 0 heterocycles. The number of ether oxygens (including phenoxy) is 1. The van der Waals surface area contributed by atoms with Crippen LogP contribution < -0.4 is 0 Å². The molecule has 0 bridgehead atoms. The van der Waals surface area contributed by atoms with Crippen molar-refractivity contribution in [2.45, 2.75) is 45.1 Å². The van der Waals surface area contributed by atoms with Crippen LogP contribution in [-0.4, -0.2) is 27.2 Å². The van der Waals surface area contributed by atoms with Crippen LogP contribution in [0.4, 0.5) is 0 Å². The number of hydrogen-bond acceptors (Lipinski definition) is 5. The van der Waals surface area contributed by atoms with Gasteiger partial charge in [0, 0.05) is 5.56 Å². The topological polar surface area (TPSA) is 69.7 Å². The Hall–Kier alpha value is -1.66. The van der Waals surface area contributed by atoms with Crippen molar-refractivity contribution in [3.63, 3.8) is 0 Å². The fourth-order valence-corrected chi connectivity index (χ4v) is 3.39. The van der Waals surface area contributed by atoms with Crippen molar-refractivity contribution >= 4 is 22.2 Å². The number of carbonyl (C=O) groups excluding carboxylic acids is 1. The van der Waals surface area contributed by atoms with Gasteiger partial charge in [-0.15, -0.1) is 0 Å². The van der Waals surface area contributed by atoms with Crippen LogP contribution in [0.2, 0.25) is 0 Å². The minimum Gasteiger partial charge on any atom is -0.464 e. The summed E-state index contributed by atoms with van der Waals surface area (Å²) in [6.45, 7) is 1.83. The molecule has 0 aliphatic heterocycles. The molecule has 2 rings (SSSR count). The second kappa shape index (κ2) is 8.44. The quantitative estimate of drug-likeness (QED) is 0.578. The first-order chi connectivity index (χ1) is 11.4. The summed E-state index contributed by atoms with van der Waals surface area (Å²) in [7, 11) is -3.81. The predicted molar refractivity (Wildman–Crippen MR) is 92.8 cm³/mol. The first-order valence-electron chi connectivity index (χ1n) is 8.24. The smallest absolute Gasteiger partial charge is 0.341 e. The lowest BCUT2D eigenvalue weighted by atomic mass is 9.91. The van der Waals surface area contributed by atoms with Gasteiger partial charge in [-0.05, 0) is 38.2 Å². The first kappa shape index (κ1) is 18.7. The molecule has 1 aliphatic carbocycles. The van der Waals surface area contributed by atoms with E-state index in [0.29, 0.717) is 5.56 Å². The predicted octanol–water partition coefficient (Wildman–Crippen LogP) is 3.61. The van der Waals surface area contributed by atoms with Crippen LogP contribution in [0.15, 0.2) is 29.8 Å². The third-order valence-corrected chi connectivity index (χ3v) is 4.45. The van der Waals surface area contributed by atoms with Crippen LogP contribution in [0.25, 0.3) is 6.08 Å². The largest absolute Gasteiger partial charge is 0.464 e. The van der Waals surface area contributed by atoms with E-state index in [4.69, 9.17) is 8.92 Å². The summed E-state index contributed by atoms with van der Waals surface area (Å²) in [6, 6.07) is 7.20. The molecule has 1 aliphatic rings. The maximum absolute atomic E-state index is 12.2. The van der Waals surface area contributed by atoms with Crippen LogP contribution in [0.1, 0.15) is 56.3 Å². The first-order valence-corrected chi connectivity index (χ1v) is 10.1. The van der Waals surface area contributed by atoms with E-state index in [1.165, 1.54) is 12.0 Å². The Labute approximate surface area is 143 Å². The lowest BCUT2D eigenvalue weighted by Gasteiger charge is -2.19. The minimum absolute atomic E-state index is 0.158. The van der Waals surface area contributed by atoms with Crippen molar-refractivity contribution in [3.05, 3.63) is 41.0 Å². The molecular weight excluding hydrogens is 328 g/mol. The van der Waals surface area contributed by atoms with E-state index in [-0.39, 0.29) is 6.61 Å². The molecule has 0 amide bonds. The van der Waals surface area contributed by atoms with E-state index in [9.17, 15) is 13.2 Å². The molecule has 0 spiro atoms. The monoisotopic (exact) mass is 352 g/mol. The number of benzene rings is 1. The van der Waals surface area contributed by atoms with Gasteiger partial charge in [-0.2, -0.15) is 8.42 Å². The van der Waals surface area contributed by atoms with Gasteiger partial charge in [0.25, 0.3) is 10.1 Å². The molecule has 24 heavy (non-hydrogen) atoms. The Morgan fingerprint density at radius 3 is 2.50 bits per heavy atom. The number of hydrogen-bond donors (Lipinski definition) is 0. The fourth-order valence-electron chi connectivity index (χ4n) is 2.86. The Bertz CT molecular complexity index is 698. The van der Waals surface area contributed by atoms with E-state index in [2.05, 4.69) is 0 Å². The molecule has 1 saturated carbocycles. The zero-order chi connectivity index (χ0) is 17.6. The van der Waals surface area contributed by atoms with Gasteiger partial charge < -0.3 is 4.74 Å². The zero-order valence-electron chi connectivity index (χ0n) is 14.2. The Morgan fingerprint density at radius 1 is 1.21 bits per heavy atom. The number of allylic oxidation sites excluding steroid dienone is 1. The summed E-state index contributed by atoms with van der Waals surface area (Å²) in [5.74, 6) is -0.697. The maximum atomic E-state index is 12.2. The molecule has 6 heteroatoms. The summed E-state index contributed by atoms with van der Waals surface area (Å²) >= 11 is 0. The second-order valence-electron chi connectivity index (χ2n) is 5.92. The lowest BCUT2D eigenvalue weighted by Crippen LogP contribution is -2.22. The number of carbonyl (C=O) groups is 1. The standard InChI is InChI=1S/C18H24O5S/c1-3-22-18(19)17(23-24(2,20)21)16-12-8-7-11-15(16)13-14-9-5-4-6-10-14/h7-8,11-13,17H,3-6,9-10H2,1-2H3. The van der Waals surface area contributed by atoms with Crippen LogP contribution in [0.5, 0.6) is 0 Å². The summed E-state index contributed by atoms with van der Waals surface area (Å²) in [5.41, 5.74) is 2.63. The molecule has 1 fully saturated rings. The Morgan fingerprint density at radius 2 is 1.88 bits per heavy atom. The second-order valence-corrected chi connectivity index (χ2v) is 7.53. The molecule has 0 saturated heterocycles. The highest BCUT2D eigenvalue weighted by molar-refractivity contribution is 7.86. The third-order valence-electron chi connectivity index (χ3n) is 3.91. The highest BCUT2D eigenvalue weighted by Gasteiger charge is 2.29. The van der Waals surface area contributed by atoms with Gasteiger partial charge >= 0.3 is 5.97 Å². The molecule has 0 N–H and O–H groups in total. The highest BCUT2D eigenvalue weighted by atomic mass is 32.2. The third kappa shape index (κ3) is 5.46. The molecule has 1 aromatic carbocycles. The number of esters is 1. The van der Waals surface area contributed by atoms with Gasteiger partial charge in [0.05, 0.1) is 12.9 Å².